The lowest BCUT2D eigenvalue weighted by molar-refractivity contribution is -0.0605. The molecule has 2 N–H and O–H groups in total. The molecule has 108 valence electrons. The maximum absolute atomic E-state index is 6.41. The van der Waals surface area contributed by atoms with Crippen molar-refractivity contribution in [2.45, 2.75) is 95.6 Å². The normalized spacial score (nSPS) is 20.8. The van der Waals surface area contributed by atoms with Crippen LogP contribution in [-0.4, -0.2) is 18.8 Å². The molecule has 0 aromatic rings. The second kappa shape index (κ2) is 8.92. The lowest BCUT2D eigenvalue weighted by atomic mass is 9.78. The zero-order chi connectivity index (χ0) is 13.3. The fourth-order valence-electron chi connectivity index (χ4n) is 3.28. The van der Waals surface area contributed by atoms with Gasteiger partial charge < -0.3 is 10.5 Å². The largest absolute Gasteiger partial charge is 0.377 e. The third-order valence-corrected chi connectivity index (χ3v) is 4.65. The lowest BCUT2D eigenvalue weighted by Crippen LogP contribution is -2.50. The summed E-state index contributed by atoms with van der Waals surface area (Å²) in [6.07, 6.45) is 15.5. The minimum Gasteiger partial charge on any atom is -0.377 e. The molecule has 1 rings (SSSR count). The first-order valence-corrected chi connectivity index (χ1v) is 8.06. The van der Waals surface area contributed by atoms with E-state index in [9.17, 15) is 0 Å². The Morgan fingerprint density at radius 1 is 1.00 bits per heavy atom. The summed E-state index contributed by atoms with van der Waals surface area (Å²) < 4.78 is 5.81. The van der Waals surface area contributed by atoms with Gasteiger partial charge in [-0.3, -0.25) is 0 Å². The van der Waals surface area contributed by atoms with Crippen LogP contribution in [0.1, 0.15) is 84.0 Å². The van der Waals surface area contributed by atoms with Gasteiger partial charge in [0.05, 0.1) is 5.60 Å². The molecule has 0 saturated heterocycles. The Labute approximate surface area is 114 Å². The highest BCUT2D eigenvalue weighted by Gasteiger charge is 2.37. The standard InChI is InChI=1S/C16H33NO/c1-3-4-5-6-7-9-12-15(17)16(18-2)13-10-8-11-14-16/h15H,3-14,17H2,1-2H3. The molecule has 0 radical (unpaired) electrons. The highest BCUT2D eigenvalue weighted by atomic mass is 16.5. The smallest absolute Gasteiger partial charge is 0.0828 e. The zero-order valence-corrected chi connectivity index (χ0v) is 12.5. The van der Waals surface area contributed by atoms with E-state index in [1.165, 1.54) is 70.6 Å². The topological polar surface area (TPSA) is 35.2 Å². The van der Waals surface area contributed by atoms with Crippen molar-refractivity contribution in [1.29, 1.82) is 0 Å². The third-order valence-electron chi connectivity index (χ3n) is 4.65. The molecule has 0 aromatic carbocycles. The van der Waals surface area contributed by atoms with E-state index in [0.29, 0.717) is 0 Å². The van der Waals surface area contributed by atoms with Gasteiger partial charge in [-0.15, -0.1) is 0 Å². The average molecular weight is 255 g/mol. The molecule has 1 fully saturated rings. The molecular weight excluding hydrogens is 222 g/mol. The first-order chi connectivity index (χ1) is 8.75. The van der Waals surface area contributed by atoms with Gasteiger partial charge in [-0.2, -0.15) is 0 Å². The molecule has 1 aliphatic rings. The van der Waals surface area contributed by atoms with Crippen molar-refractivity contribution in [2.24, 2.45) is 5.73 Å². The van der Waals surface area contributed by atoms with Gasteiger partial charge in [0.1, 0.15) is 0 Å². The number of hydrogen-bond donors (Lipinski definition) is 1. The summed E-state index contributed by atoms with van der Waals surface area (Å²) in [6, 6.07) is 0.244. The van der Waals surface area contributed by atoms with Crippen molar-refractivity contribution in [3.63, 3.8) is 0 Å². The van der Waals surface area contributed by atoms with Crippen LogP contribution in [0.3, 0.4) is 0 Å². The molecule has 1 saturated carbocycles. The number of nitrogens with two attached hydrogens (primary N) is 1. The van der Waals surface area contributed by atoms with E-state index in [1.807, 2.05) is 7.11 Å². The van der Waals surface area contributed by atoms with Crippen molar-refractivity contribution in [2.75, 3.05) is 7.11 Å². The molecule has 2 nitrogen and oxygen atoms in total. The summed E-state index contributed by atoms with van der Waals surface area (Å²) in [5.41, 5.74) is 6.41. The summed E-state index contributed by atoms with van der Waals surface area (Å²) in [6.45, 7) is 2.27. The average Bonchev–Trinajstić information content (AvgIpc) is 2.43. The molecular formula is C16H33NO. The van der Waals surface area contributed by atoms with Crippen molar-refractivity contribution in [3.05, 3.63) is 0 Å². The molecule has 0 heterocycles. The molecule has 0 aliphatic heterocycles. The minimum atomic E-state index is 0.00166. The Balaban J connectivity index is 2.19. The molecule has 0 amide bonds. The van der Waals surface area contributed by atoms with E-state index >= 15 is 0 Å². The van der Waals surface area contributed by atoms with E-state index in [0.717, 1.165) is 6.42 Å². The van der Waals surface area contributed by atoms with Crippen LogP contribution in [0.15, 0.2) is 0 Å². The number of ether oxygens (including phenoxy) is 1. The first-order valence-electron chi connectivity index (χ1n) is 8.06. The molecule has 0 spiro atoms. The van der Waals surface area contributed by atoms with Crippen LogP contribution in [0.5, 0.6) is 0 Å². The van der Waals surface area contributed by atoms with Crippen LogP contribution in [-0.2, 0) is 4.74 Å². The highest BCUT2D eigenvalue weighted by molar-refractivity contribution is 4.93. The van der Waals surface area contributed by atoms with E-state index in [2.05, 4.69) is 6.92 Å². The quantitative estimate of drug-likeness (QED) is 0.619. The van der Waals surface area contributed by atoms with Gasteiger partial charge in [0.25, 0.3) is 0 Å². The Bertz CT molecular complexity index is 199. The van der Waals surface area contributed by atoms with Gasteiger partial charge >= 0.3 is 0 Å². The van der Waals surface area contributed by atoms with Crippen molar-refractivity contribution < 1.29 is 4.74 Å². The van der Waals surface area contributed by atoms with Crippen LogP contribution in [0, 0.1) is 0 Å². The summed E-state index contributed by atoms with van der Waals surface area (Å²) in [7, 11) is 1.85. The van der Waals surface area contributed by atoms with E-state index in [1.54, 1.807) is 0 Å². The Hall–Kier alpha value is -0.0800. The van der Waals surface area contributed by atoms with E-state index < -0.39 is 0 Å². The number of methoxy groups -OCH3 is 1. The van der Waals surface area contributed by atoms with Crippen molar-refractivity contribution >= 4 is 0 Å². The van der Waals surface area contributed by atoms with Gasteiger partial charge in [0.15, 0.2) is 0 Å². The maximum Gasteiger partial charge on any atom is 0.0828 e. The lowest BCUT2D eigenvalue weighted by Gasteiger charge is -2.41. The van der Waals surface area contributed by atoms with Gasteiger partial charge in [-0.25, -0.2) is 0 Å². The van der Waals surface area contributed by atoms with Gasteiger partial charge in [-0.1, -0.05) is 64.7 Å². The Morgan fingerprint density at radius 2 is 1.61 bits per heavy atom. The van der Waals surface area contributed by atoms with Crippen LogP contribution >= 0.6 is 0 Å². The van der Waals surface area contributed by atoms with E-state index in [-0.39, 0.29) is 11.6 Å². The maximum atomic E-state index is 6.41. The number of hydrogen-bond acceptors (Lipinski definition) is 2. The Morgan fingerprint density at radius 3 is 2.22 bits per heavy atom. The molecule has 1 atom stereocenters. The highest BCUT2D eigenvalue weighted by Crippen LogP contribution is 2.34. The SMILES string of the molecule is CCCCCCCCC(N)C1(OC)CCCCC1. The predicted octanol–water partition coefficient (Wildman–Crippen LogP) is 4.41. The van der Waals surface area contributed by atoms with Crippen molar-refractivity contribution in [3.8, 4) is 0 Å². The second-order valence-electron chi connectivity index (χ2n) is 5.99. The van der Waals surface area contributed by atoms with Gasteiger partial charge in [-0.05, 0) is 19.3 Å². The third kappa shape index (κ3) is 4.89. The summed E-state index contributed by atoms with van der Waals surface area (Å²) in [4.78, 5) is 0. The molecule has 1 aliphatic carbocycles. The van der Waals surface area contributed by atoms with Crippen LogP contribution in [0.2, 0.25) is 0 Å². The summed E-state index contributed by atoms with van der Waals surface area (Å²) >= 11 is 0. The molecule has 0 aromatic heterocycles. The van der Waals surface area contributed by atoms with Crippen LogP contribution in [0.25, 0.3) is 0 Å². The molecule has 2 heteroatoms. The molecule has 0 bridgehead atoms. The number of rotatable bonds is 9. The second-order valence-corrected chi connectivity index (χ2v) is 5.99. The predicted molar refractivity (Wildman–Crippen MR) is 78.8 cm³/mol. The minimum absolute atomic E-state index is 0.00166. The monoisotopic (exact) mass is 255 g/mol. The molecule has 1 unspecified atom stereocenters. The van der Waals surface area contributed by atoms with Crippen LogP contribution < -0.4 is 5.73 Å². The number of unbranched alkanes of at least 4 members (excludes halogenated alkanes) is 5. The van der Waals surface area contributed by atoms with Crippen molar-refractivity contribution in [1.82, 2.24) is 0 Å². The fraction of sp³-hybridized carbons (Fsp3) is 1.00. The zero-order valence-electron chi connectivity index (χ0n) is 12.5. The summed E-state index contributed by atoms with van der Waals surface area (Å²) in [5.74, 6) is 0. The van der Waals surface area contributed by atoms with E-state index in [4.69, 9.17) is 10.5 Å². The van der Waals surface area contributed by atoms with Gasteiger partial charge in [0.2, 0.25) is 0 Å². The van der Waals surface area contributed by atoms with Gasteiger partial charge in [0, 0.05) is 13.2 Å². The van der Waals surface area contributed by atoms with Crippen LogP contribution in [0.4, 0.5) is 0 Å². The first kappa shape index (κ1) is 16.0. The summed E-state index contributed by atoms with van der Waals surface area (Å²) in [5, 5.41) is 0. The molecule has 18 heavy (non-hydrogen) atoms. The fourth-order valence-corrected chi connectivity index (χ4v) is 3.28. The Kier molecular flexibility index (Phi) is 7.92.